The zero-order chi connectivity index (χ0) is 18.6. The number of halogens is 2. The number of anilines is 1. The number of aromatic nitrogens is 2. The van der Waals surface area contributed by atoms with Crippen molar-refractivity contribution in [1.29, 1.82) is 0 Å². The number of phenolic OH excluding ortho intramolecular Hbond substituents is 1. The Morgan fingerprint density at radius 2 is 1.96 bits per heavy atom. The lowest BCUT2D eigenvalue weighted by molar-refractivity contribution is 0.100. The van der Waals surface area contributed by atoms with Gasteiger partial charge in [0.2, 0.25) is 0 Å². The third kappa shape index (κ3) is 2.44. The number of carbonyl (C=O) groups is 1. The lowest BCUT2D eigenvalue weighted by Crippen LogP contribution is -2.14. The first-order valence-corrected chi connectivity index (χ1v) is 8.20. The summed E-state index contributed by atoms with van der Waals surface area (Å²) in [6.45, 7) is 5.05. The van der Waals surface area contributed by atoms with E-state index in [1.54, 1.807) is 26.8 Å². The molecule has 3 rings (SSSR count). The summed E-state index contributed by atoms with van der Waals surface area (Å²) >= 11 is 3.39. The number of hydrogen-bond donors (Lipinski definition) is 3. The van der Waals surface area contributed by atoms with E-state index in [0.717, 1.165) is 0 Å². The molecule has 5 N–H and O–H groups in total. The van der Waals surface area contributed by atoms with E-state index in [9.17, 15) is 14.3 Å². The van der Waals surface area contributed by atoms with Crippen LogP contribution < -0.4 is 11.5 Å². The van der Waals surface area contributed by atoms with Gasteiger partial charge < -0.3 is 16.6 Å². The SMILES string of the molecule is Cc1cc(F)c(O)c(C)c1-n1c(N)c(C(N)=O)c2cc(Br)c(C)nc21. The number of primary amides is 1. The predicted octanol–water partition coefficient (Wildman–Crippen LogP) is 3.24. The van der Waals surface area contributed by atoms with Crippen LogP contribution in [0.4, 0.5) is 10.2 Å². The molecule has 1 aromatic carbocycles. The molecule has 2 aromatic heterocycles. The highest BCUT2D eigenvalue weighted by atomic mass is 79.9. The number of pyridine rings is 1. The highest BCUT2D eigenvalue weighted by molar-refractivity contribution is 9.10. The maximum atomic E-state index is 13.8. The van der Waals surface area contributed by atoms with Crippen molar-refractivity contribution >= 4 is 38.7 Å². The molecule has 8 heteroatoms. The fourth-order valence-electron chi connectivity index (χ4n) is 3.03. The van der Waals surface area contributed by atoms with Crippen molar-refractivity contribution in [3.05, 3.63) is 44.8 Å². The minimum absolute atomic E-state index is 0.0877. The Morgan fingerprint density at radius 1 is 1.32 bits per heavy atom. The quantitative estimate of drug-likeness (QED) is 0.606. The summed E-state index contributed by atoms with van der Waals surface area (Å²) in [5, 5.41) is 10.5. The zero-order valence-electron chi connectivity index (χ0n) is 13.8. The topological polar surface area (TPSA) is 107 Å². The van der Waals surface area contributed by atoms with E-state index in [0.29, 0.717) is 38.0 Å². The van der Waals surface area contributed by atoms with E-state index >= 15 is 0 Å². The average molecular weight is 407 g/mol. The number of aryl methyl sites for hydroxylation is 2. The molecule has 0 unspecified atom stereocenters. The van der Waals surface area contributed by atoms with E-state index in [2.05, 4.69) is 20.9 Å². The first-order chi connectivity index (χ1) is 11.6. The minimum atomic E-state index is -0.726. The Hall–Kier alpha value is -2.61. The molecule has 0 atom stereocenters. The van der Waals surface area contributed by atoms with E-state index in [-0.39, 0.29) is 11.4 Å². The van der Waals surface area contributed by atoms with Crippen molar-refractivity contribution in [3.8, 4) is 11.4 Å². The summed E-state index contributed by atoms with van der Waals surface area (Å²) in [5.41, 5.74) is 14.2. The fourth-order valence-corrected chi connectivity index (χ4v) is 3.35. The number of phenols is 1. The van der Waals surface area contributed by atoms with Gasteiger partial charge in [-0.2, -0.15) is 0 Å². The largest absolute Gasteiger partial charge is 0.505 e. The van der Waals surface area contributed by atoms with Gasteiger partial charge in [0.15, 0.2) is 11.6 Å². The first-order valence-electron chi connectivity index (χ1n) is 7.41. The molecule has 2 heterocycles. The van der Waals surface area contributed by atoms with Gasteiger partial charge >= 0.3 is 0 Å². The van der Waals surface area contributed by atoms with Crippen molar-refractivity contribution in [1.82, 2.24) is 9.55 Å². The van der Waals surface area contributed by atoms with Crippen molar-refractivity contribution in [2.75, 3.05) is 5.73 Å². The average Bonchev–Trinajstić information content (AvgIpc) is 2.78. The Kier molecular flexibility index (Phi) is 3.95. The second-order valence-electron chi connectivity index (χ2n) is 5.88. The second-order valence-corrected chi connectivity index (χ2v) is 6.74. The Balaban J connectivity index is 2.55. The molecule has 25 heavy (non-hydrogen) atoms. The molecule has 3 aromatic rings. The molecule has 0 spiro atoms. The Morgan fingerprint density at radius 3 is 2.56 bits per heavy atom. The number of fused-ring (bicyclic) bond motifs is 1. The summed E-state index contributed by atoms with van der Waals surface area (Å²) in [6.07, 6.45) is 0. The molecule has 0 saturated heterocycles. The number of aromatic hydroxyl groups is 1. The van der Waals surface area contributed by atoms with Crippen LogP contribution in [0.25, 0.3) is 16.7 Å². The van der Waals surface area contributed by atoms with E-state index < -0.39 is 17.5 Å². The molecule has 130 valence electrons. The molecular weight excluding hydrogens is 391 g/mol. The van der Waals surface area contributed by atoms with Crippen LogP contribution in [0.3, 0.4) is 0 Å². The van der Waals surface area contributed by atoms with Crippen LogP contribution in [0.15, 0.2) is 16.6 Å². The van der Waals surface area contributed by atoms with Gasteiger partial charge in [-0.15, -0.1) is 0 Å². The molecule has 0 saturated carbocycles. The van der Waals surface area contributed by atoms with E-state index in [1.807, 2.05) is 0 Å². The van der Waals surface area contributed by atoms with Gasteiger partial charge in [0.05, 0.1) is 16.9 Å². The molecule has 0 aliphatic rings. The number of hydrogen-bond acceptors (Lipinski definition) is 4. The summed E-state index contributed by atoms with van der Waals surface area (Å²) < 4.78 is 16.0. The van der Waals surface area contributed by atoms with Gasteiger partial charge in [-0.05, 0) is 54.4 Å². The van der Waals surface area contributed by atoms with Crippen molar-refractivity contribution in [2.45, 2.75) is 20.8 Å². The van der Waals surface area contributed by atoms with Crippen LogP contribution >= 0.6 is 15.9 Å². The molecule has 6 nitrogen and oxygen atoms in total. The number of nitrogens with zero attached hydrogens (tertiary/aromatic N) is 2. The van der Waals surface area contributed by atoms with Gasteiger partial charge in [0.25, 0.3) is 5.91 Å². The van der Waals surface area contributed by atoms with Crippen LogP contribution in [0, 0.1) is 26.6 Å². The minimum Gasteiger partial charge on any atom is -0.505 e. The van der Waals surface area contributed by atoms with Crippen molar-refractivity contribution in [3.63, 3.8) is 0 Å². The Labute approximate surface area is 151 Å². The number of nitrogen functional groups attached to an aromatic ring is 1. The summed E-state index contributed by atoms with van der Waals surface area (Å²) in [4.78, 5) is 16.4. The zero-order valence-corrected chi connectivity index (χ0v) is 15.4. The number of nitrogens with two attached hydrogens (primary N) is 2. The highest BCUT2D eigenvalue weighted by Crippen LogP contribution is 2.37. The second kappa shape index (κ2) is 5.73. The van der Waals surface area contributed by atoms with Crippen LogP contribution in [0.5, 0.6) is 5.75 Å². The lowest BCUT2D eigenvalue weighted by atomic mass is 10.1. The van der Waals surface area contributed by atoms with Gasteiger partial charge in [0, 0.05) is 15.4 Å². The van der Waals surface area contributed by atoms with Gasteiger partial charge in [-0.25, -0.2) is 9.37 Å². The maximum absolute atomic E-state index is 13.8. The molecule has 0 bridgehead atoms. The number of amides is 1. The van der Waals surface area contributed by atoms with Gasteiger partial charge in [-0.3, -0.25) is 9.36 Å². The third-order valence-electron chi connectivity index (χ3n) is 4.23. The normalized spacial score (nSPS) is 11.2. The predicted molar refractivity (Wildman–Crippen MR) is 97.5 cm³/mol. The van der Waals surface area contributed by atoms with Crippen LogP contribution in [0.2, 0.25) is 0 Å². The molecule has 1 amide bonds. The monoisotopic (exact) mass is 406 g/mol. The third-order valence-corrected chi connectivity index (χ3v) is 5.04. The number of benzene rings is 1. The van der Waals surface area contributed by atoms with Crippen LogP contribution in [-0.2, 0) is 0 Å². The fraction of sp³-hybridized carbons (Fsp3) is 0.176. The van der Waals surface area contributed by atoms with E-state index in [4.69, 9.17) is 11.5 Å². The van der Waals surface area contributed by atoms with E-state index in [1.165, 1.54) is 10.6 Å². The van der Waals surface area contributed by atoms with Crippen LogP contribution in [-0.4, -0.2) is 20.6 Å². The molecule has 0 aliphatic carbocycles. The first kappa shape index (κ1) is 17.2. The Bertz CT molecular complexity index is 1060. The molecular formula is C17H16BrFN4O2. The highest BCUT2D eigenvalue weighted by Gasteiger charge is 2.25. The van der Waals surface area contributed by atoms with Gasteiger partial charge in [0.1, 0.15) is 11.5 Å². The molecule has 0 aliphatic heterocycles. The molecule has 0 fully saturated rings. The van der Waals surface area contributed by atoms with Crippen molar-refractivity contribution < 1.29 is 14.3 Å². The number of carbonyl (C=O) groups excluding carboxylic acids is 1. The smallest absolute Gasteiger partial charge is 0.253 e. The van der Waals surface area contributed by atoms with Gasteiger partial charge in [-0.1, -0.05) is 0 Å². The summed E-state index contributed by atoms with van der Waals surface area (Å²) in [5.74, 6) is -1.81. The summed E-state index contributed by atoms with van der Waals surface area (Å²) in [6, 6.07) is 2.93. The van der Waals surface area contributed by atoms with Crippen molar-refractivity contribution in [2.24, 2.45) is 5.73 Å². The number of rotatable bonds is 2. The van der Waals surface area contributed by atoms with Crippen LogP contribution in [0.1, 0.15) is 27.2 Å². The summed E-state index contributed by atoms with van der Waals surface area (Å²) in [7, 11) is 0. The maximum Gasteiger partial charge on any atom is 0.253 e. The molecule has 0 radical (unpaired) electrons. The standard InChI is InChI=1S/C17H16BrFN4O2/c1-6-4-11(19)14(24)7(2)13(6)23-15(20)12(16(21)25)9-5-10(18)8(3)22-17(9)23/h4-5,24H,20H2,1-3H3,(H2,21,25). The lowest BCUT2D eigenvalue weighted by Gasteiger charge is -2.16.